The van der Waals surface area contributed by atoms with Crippen LogP contribution in [-0.4, -0.2) is 32.6 Å². The summed E-state index contributed by atoms with van der Waals surface area (Å²) < 4.78 is 1.83. The van der Waals surface area contributed by atoms with Crippen LogP contribution >= 0.6 is 23.2 Å². The van der Waals surface area contributed by atoms with E-state index in [0.29, 0.717) is 22.2 Å². The highest BCUT2D eigenvalue weighted by molar-refractivity contribution is 6.35. The zero-order valence-electron chi connectivity index (χ0n) is 14.2. The molecule has 0 fully saturated rings. The number of carbonyl (C=O) groups is 1. The van der Waals surface area contributed by atoms with Crippen molar-refractivity contribution in [1.82, 2.24) is 19.7 Å². The molecule has 0 bridgehead atoms. The number of nitrogens with zero attached hydrogens (tertiary/aromatic N) is 4. The summed E-state index contributed by atoms with van der Waals surface area (Å²) in [6.07, 6.45) is 3.32. The molecule has 0 aliphatic rings. The Bertz CT molecular complexity index is 936. The molecule has 2 heterocycles. The van der Waals surface area contributed by atoms with Crippen molar-refractivity contribution >= 4 is 40.1 Å². The van der Waals surface area contributed by atoms with Crippen LogP contribution in [-0.2, 0) is 6.54 Å². The highest BCUT2D eigenvalue weighted by Crippen LogP contribution is 2.23. The normalized spacial score (nSPS) is 11.3. The number of amides is 1. The van der Waals surface area contributed by atoms with Gasteiger partial charge in [0.15, 0.2) is 5.65 Å². The van der Waals surface area contributed by atoms with Gasteiger partial charge >= 0.3 is 0 Å². The average Bonchev–Trinajstić information content (AvgIpc) is 3.00. The highest BCUT2D eigenvalue weighted by Gasteiger charge is 2.16. The molecule has 1 amide bonds. The van der Waals surface area contributed by atoms with E-state index in [4.69, 9.17) is 23.2 Å². The van der Waals surface area contributed by atoms with Crippen LogP contribution < -0.4 is 0 Å². The van der Waals surface area contributed by atoms with Crippen molar-refractivity contribution in [3.63, 3.8) is 0 Å². The third-order valence-electron chi connectivity index (χ3n) is 3.94. The lowest BCUT2D eigenvalue weighted by atomic mass is 10.2. The van der Waals surface area contributed by atoms with Gasteiger partial charge in [0.25, 0.3) is 5.91 Å². The molecule has 1 aromatic carbocycles. The van der Waals surface area contributed by atoms with Crippen LogP contribution in [0.1, 0.15) is 35.8 Å². The summed E-state index contributed by atoms with van der Waals surface area (Å²) in [6.45, 7) is 4.46. The second-order valence-corrected chi connectivity index (χ2v) is 7.06. The standard InChI is InChI=1S/C18H18Cl2N4O/c1-11(2)24-17-13(9-22-24)6-14(8-21-17)18(25)23(3)10-12-4-5-15(19)7-16(12)20/h4-9,11H,10H2,1-3H3. The van der Waals surface area contributed by atoms with Gasteiger partial charge in [-0.25, -0.2) is 9.67 Å². The van der Waals surface area contributed by atoms with Gasteiger partial charge in [0.05, 0.1) is 11.8 Å². The summed E-state index contributed by atoms with van der Waals surface area (Å²) in [4.78, 5) is 18.7. The lowest BCUT2D eigenvalue weighted by molar-refractivity contribution is 0.0785. The second kappa shape index (κ2) is 7.02. The first-order valence-electron chi connectivity index (χ1n) is 7.89. The average molecular weight is 377 g/mol. The molecule has 0 unspecified atom stereocenters. The summed E-state index contributed by atoms with van der Waals surface area (Å²) in [5, 5.41) is 6.28. The minimum Gasteiger partial charge on any atom is -0.337 e. The van der Waals surface area contributed by atoms with Crippen molar-refractivity contribution < 1.29 is 4.79 Å². The number of halogens is 2. The molecule has 0 saturated heterocycles. The number of hydrogen-bond donors (Lipinski definition) is 0. The van der Waals surface area contributed by atoms with E-state index in [0.717, 1.165) is 16.6 Å². The number of hydrogen-bond acceptors (Lipinski definition) is 3. The van der Waals surface area contributed by atoms with E-state index in [-0.39, 0.29) is 11.9 Å². The van der Waals surface area contributed by atoms with Crippen molar-refractivity contribution in [1.29, 1.82) is 0 Å². The summed E-state index contributed by atoms with van der Waals surface area (Å²) in [5.74, 6) is -0.127. The summed E-state index contributed by atoms with van der Waals surface area (Å²) >= 11 is 12.1. The summed E-state index contributed by atoms with van der Waals surface area (Å²) in [6, 6.07) is 7.28. The first-order valence-corrected chi connectivity index (χ1v) is 8.65. The third-order valence-corrected chi connectivity index (χ3v) is 4.53. The number of carbonyl (C=O) groups excluding carboxylic acids is 1. The Morgan fingerprint density at radius 3 is 2.68 bits per heavy atom. The van der Waals surface area contributed by atoms with Gasteiger partial charge in [-0.1, -0.05) is 29.3 Å². The molecule has 3 aromatic rings. The lowest BCUT2D eigenvalue weighted by Gasteiger charge is -2.18. The van der Waals surface area contributed by atoms with Gasteiger partial charge in [-0.2, -0.15) is 5.10 Å². The van der Waals surface area contributed by atoms with Crippen LogP contribution in [0, 0.1) is 0 Å². The molecule has 0 radical (unpaired) electrons. The Hall–Kier alpha value is -2.11. The predicted octanol–water partition coefficient (Wildman–Crippen LogP) is 4.59. The van der Waals surface area contributed by atoms with E-state index >= 15 is 0 Å². The Labute approximate surface area is 156 Å². The zero-order valence-corrected chi connectivity index (χ0v) is 15.7. The van der Waals surface area contributed by atoms with Crippen LogP contribution in [0.2, 0.25) is 10.0 Å². The Morgan fingerprint density at radius 1 is 1.24 bits per heavy atom. The van der Waals surface area contributed by atoms with E-state index in [1.54, 1.807) is 36.5 Å². The summed E-state index contributed by atoms with van der Waals surface area (Å²) in [5.41, 5.74) is 2.13. The quantitative estimate of drug-likeness (QED) is 0.668. The fourth-order valence-electron chi connectivity index (χ4n) is 2.63. The molecule has 0 saturated carbocycles. The Morgan fingerprint density at radius 2 is 2.00 bits per heavy atom. The van der Waals surface area contributed by atoms with Crippen LogP contribution in [0.5, 0.6) is 0 Å². The maximum atomic E-state index is 12.7. The zero-order chi connectivity index (χ0) is 18.1. The van der Waals surface area contributed by atoms with Gasteiger partial charge in [0.2, 0.25) is 0 Å². The fraction of sp³-hybridized carbons (Fsp3) is 0.278. The molecule has 0 aliphatic heterocycles. The topological polar surface area (TPSA) is 51.0 Å². The molecule has 0 atom stereocenters. The third kappa shape index (κ3) is 3.62. The second-order valence-electron chi connectivity index (χ2n) is 6.22. The number of rotatable bonds is 4. The van der Waals surface area contributed by atoms with Crippen molar-refractivity contribution in [2.45, 2.75) is 26.4 Å². The van der Waals surface area contributed by atoms with Crippen molar-refractivity contribution in [3.05, 3.63) is 57.8 Å². The monoisotopic (exact) mass is 376 g/mol. The number of pyridine rings is 1. The number of aromatic nitrogens is 3. The molecule has 0 N–H and O–H groups in total. The van der Waals surface area contributed by atoms with E-state index in [2.05, 4.69) is 10.1 Å². The van der Waals surface area contributed by atoms with E-state index in [1.807, 2.05) is 30.7 Å². The Kier molecular flexibility index (Phi) is 4.97. The SMILES string of the molecule is CC(C)n1ncc2cc(C(=O)N(C)Cc3ccc(Cl)cc3Cl)cnc21. The van der Waals surface area contributed by atoms with Gasteiger partial charge in [0.1, 0.15) is 0 Å². The van der Waals surface area contributed by atoms with Crippen LogP contribution in [0.4, 0.5) is 0 Å². The highest BCUT2D eigenvalue weighted by atomic mass is 35.5. The maximum absolute atomic E-state index is 12.7. The van der Waals surface area contributed by atoms with Crippen molar-refractivity contribution in [2.75, 3.05) is 7.05 Å². The van der Waals surface area contributed by atoms with Crippen LogP contribution in [0.15, 0.2) is 36.7 Å². The molecule has 25 heavy (non-hydrogen) atoms. The largest absolute Gasteiger partial charge is 0.337 e. The number of fused-ring (bicyclic) bond motifs is 1. The molecule has 0 aliphatic carbocycles. The lowest BCUT2D eigenvalue weighted by Crippen LogP contribution is -2.26. The van der Waals surface area contributed by atoms with Gasteiger partial charge in [-0.05, 0) is 37.6 Å². The van der Waals surface area contributed by atoms with Crippen LogP contribution in [0.25, 0.3) is 11.0 Å². The molecule has 5 nitrogen and oxygen atoms in total. The first-order chi connectivity index (χ1) is 11.9. The van der Waals surface area contributed by atoms with Crippen molar-refractivity contribution in [3.8, 4) is 0 Å². The molecular weight excluding hydrogens is 359 g/mol. The van der Waals surface area contributed by atoms with Gasteiger partial charge in [-0.3, -0.25) is 4.79 Å². The predicted molar refractivity (Wildman–Crippen MR) is 100 cm³/mol. The van der Waals surface area contributed by atoms with Crippen LogP contribution in [0.3, 0.4) is 0 Å². The van der Waals surface area contributed by atoms with Gasteiger partial charge in [-0.15, -0.1) is 0 Å². The molecule has 130 valence electrons. The smallest absolute Gasteiger partial charge is 0.255 e. The summed E-state index contributed by atoms with van der Waals surface area (Å²) in [7, 11) is 1.73. The van der Waals surface area contributed by atoms with Gasteiger partial charge in [0, 0.05) is 41.3 Å². The molecule has 2 aromatic heterocycles. The van der Waals surface area contributed by atoms with Crippen molar-refractivity contribution in [2.24, 2.45) is 0 Å². The minimum absolute atomic E-state index is 0.127. The first kappa shape index (κ1) is 17.7. The Balaban J connectivity index is 1.83. The molecule has 3 rings (SSSR count). The van der Waals surface area contributed by atoms with E-state index in [9.17, 15) is 4.79 Å². The van der Waals surface area contributed by atoms with Gasteiger partial charge < -0.3 is 4.90 Å². The van der Waals surface area contributed by atoms with E-state index < -0.39 is 0 Å². The molecular formula is C18H18Cl2N4O. The van der Waals surface area contributed by atoms with E-state index in [1.165, 1.54) is 0 Å². The minimum atomic E-state index is -0.127. The molecule has 7 heteroatoms. The number of benzene rings is 1. The fourth-order valence-corrected chi connectivity index (χ4v) is 3.10. The molecule has 0 spiro atoms. The maximum Gasteiger partial charge on any atom is 0.255 e.